The third-order valence-corrected chi connectivity index (χ3v) is 8.43. The van der Waals surface area contributed by atoms with Crippen molar-refractivity contribution < 1.29 is 14.0 Å². The molecular weight excluding hydrogens is 294 g/mol. The summed E-state index contributed by atoms with van der Waals surface area (Å²) in [7, 11) is -1.73. The minimum atomic E-state index is -1.73. The number of hydrogen-bond donors (Lipinski definition) is 0. The molecule has 1 aromatic heterocycles. The second kappa shape index (κ2) is 7.69. The Labute approximate surface area is 134 Å². The van der Waals surface area contributed by atoms with E-state index in [1.165, 1.54) is 0 Å². The number of pyridine rings is 1. The van der Waals surface area contributed by atoms with Gasteiger partial charge >= 0.3 is 5.97 Å². The third-order valence-electron chi connectivity index (χ3n) is 3.93. The van der Waals surface area contributed by atoms with Crippen molar-refractivity contribution in [3.8, 4) is 0 Å². The van der Waals surface area contributed by atoms with Crippen molar-refractivity contribution in [2.45, 2.75) is 45.8 Å². The summed E-state index contributed by atoms with van der Waals surface area (Å²) in [5.41, 5.74) is 1.24. The fourth-order valence-electron chi connectivity index (χ4n) is 1.52. The Kier molecular flexibility index (Phi) is 6.50. The van der Waals surface area contributed by atoms with Crippen molar-refractivity contribution in [1.82, 2.24) is 4.98 Å². The van der Waals surface area contributed by atoms with Crippen molar-refractivity contribution >= 4 is 20.4 Å². The van der Waals surface area contributed by atoms with Crippen LogP contribution in [0.3, 0.4) is 0 Å². The number of aromatic nitrogens is 1. The Morgan fingerprint density at radius 3 is 2.64 bits per heavy atom. The molecule has 0 fully saturated rings. The Hall–Kier alpha value is -1.46. The van der Waals surface area contributed by atoms with Gasteiger partial charge in [-0.05, 0) is 43.3 Å². The summed E-state index contributed by atoms with van der Waals surface area (Å²) in [6, 6.07) is 3.38. The molecule has 0 amide bonds. The van der Waals surface area contributed by atoms with Gasteiger partial charge in [-0.1, -0.05) is 26.8 Å². The molecule has 0 aliphatic heterocycles. The third kappa shape index (κ3) is 5.39. The maximum Gasteiger partial charge on any atom is 0.338 e. The molecule has 0 spiro atoms. The predicted octanol–water partition coefficient (Wildman–Crippen LogP) is 4.29. The maximum absolute atomic E-state index is 11.7. The highest BCUT2D eigenvalue weighted by Crippen LogP contribution is 2.36. The summed E-state index contributed by atoms with van der Waals surface area (Å²) >= 11 is 0. The molecule has 0 aliphatic rings. The van der Waals surface area contributed by atoms with Crippen LogP contribution < -0.4 is 0 Å². The van der Waals surface area contributed by atoms with E-state index in [2.05, 4.69) is 38.8 Å². The van der Waals surface area contributed by atoms with Gasteiger partial charge in [-0.2, -0.15) is 0 Å². The molecule has 1 heterocycles. The van der Waals surface area contributed by atoms with Gasteiger partial charge in [0.15, 0.2) is 8.32 Å². The lowest BCUT2D eigenvalue weighted by molar-refractivity contribution is 0.0526. The number of ether oxygens (including phenoxy) is 1. The Bertz CT molecular complexity index is 533. The van der Waals surface area contributed by atoms with E-state index >= 15 is 0 Å². The maximum atomic E-state index is 11.7. The minimum absolute atomic E-state index is 0.197. The minimum Gasteiger partial charge on any atom is -0.462 e. The van der Waals surface area contributed by atoms with Gasteiger partial charge in [0.2, 0.25) is 0 Å². The van der Waals surface area contributed by atoms with E-state index in [0.29, 0.717) is 18.8 Å². The molecule has 0 radical (unpaired) electrons. The normalized spacial score (nSPS) is 12.6. The van der Waals surface area contributed by atoms with Crippen LogP contribution in [0.4, 0.5) is 0 Å². The molecule has 5 heteroatoms. The molecule has 0 unspecified atom stereocenters. The molecule has 0 saturated heterocycles. The standard InChI is InChI=1S/C17H27NO3Si/c1-7-20-16(19)14-10-11-18-15(13-14)9-8-12-21-22(5,6)17(2,3)4/h8-11,13H,7,12H2,1-6H3/b9-8+. The van der Waals surface area contributed by atoms with Crippen molar-refractivity contribution in [1.29, 1.82) is 0 Å². The SMILES string of the molecule is CCOC(=O)c1ccnc(/C=C/CO[Si](C)(C)C(C)(C)C)c1. The summed E-state index contributed by atoms with van der Waals surface area (Å²) in [6.07, 6.45) is 5.42. The first-order chi connectivity index (χ1) is 10.2. The molecule has 122 valence electrons. The van der Waals surface area contributed by atoms with E-state index in [-0.39, 0.29) is 11.0 Å². The Morgan fingerprint density at radius 1 is 1.36 bits per heavy atom. The van der Waals surface area contributed by atoms with Gasteiger partial charge in [-0.25, -0.2) is 4.79 Å². The number of nitrogens with zero attached hydrogens (tertiary/aromatic N) is 1. The number of carbonyl (C=O) groups is 1. The van der Waals surface area contributed by atoms with Crippen LogP contribution in [0.15, 0.2) is 24.4 Å². The van der Waals surface area contributed by atoms with Gasteiger partial charge < -0.3 is 9.16 Å². The summed E-state index contributed by atoms with van der Waals surface area (Å²) in [4.78, 5) is 15.9. The van der Waals surface area contributed by atoms with E-state index in [1.54, 1.807) is 25.3 Å². The largest absolute Gasteiger partial charge is 0.462 e. The molecule has 0 atom stereocenters. The summed E-state index contributed by atoms with van der Waals surface area (Å²) in [5.74, 6) is -0.322. The molecule has 0 saturated carbocycles. The summed E-state index contributed by atoms with van der Waals surface area (Å²) in [5, 5.41) is 0.197. The average Bonchev–Trinajstić information content (AvgIpc) is 2.43. The highest BCUT2D eigenvalue weighted by atomic mass is 28.4. The van der Waals surface area contributed by atoms with Crippen LogP contribution in [0.1, 0.15) is 43.7 Å². The van der Waals surface area contributed by atoms with E-state index in [0.717, 1.165) is 5.69 Å². The molecule has 0 N–H and O–H groups in total. The lowest BCUT2D eigenvalue weighted by Gasteiger charge is -2.35. The van der Waals surface area contributed by atoms with Crippen LogP contribution in [-0.4, -0.2) is 32.5 Å². The Balaban J connectivity index is 2.64. The van der Waals surface area contributed by atoms with Gasteiger partial charge in [0.05, 0.1) is 24.5 Å². The lowest BCUT2D eigenvalue weighted by Crippen LogP contribution is -2.40. The zero-order valence-corrected chi connectivity index (χ0v) is 15.5. The van der Waals surface area contributed by atoms with Gasteiger partial charge in [0.25, 0.3) is 0 Å². The van der Waals surface area contributed by atoms with Crippen molar-refractivity contribution in [2.75, 3.05) is 13.2 Å². The first-order valence-electron chi connectivity index (χ1n) is 7.61. The average molecular weight is 321 g/mol. The lowest BCUT2D eigenvalue weighted by atomic mass is 10.2. The fraction of sp³-hybridized carbons (Fsp3) is 0.529. The quantitative estimate of drug-likeness (QED) is 0.579. The van der Waals surface area contributed by atoms with Crippen LogP contribution in [0, 0.1) is 0 Å². The first kappa shape index (κ1) is 18.6. The number of hydrogen-bond acceptors (Lipinski definition) is 4. The van der Waals surface area contributed by atoms with E-state index in [4.69, 9.17) is 9.16 Å². The zero-order chi connectivity index (χ0) is 16.8. The second-order valence-corrected chi connectivity index (χ2v) is 11.5. The van der Waals surface area contributed by atoms with E-state index in [1.807, 2.05) is 12.2 Å². The fourth-order valence-corrected chi connectivity index (χ4v) is 2.47. The number of esters is 1. The van der Waals surface area contributed by atoms with Gasteiger partial charge in [-0.15, -0.1) is 0 Å². The molecular formula is C17H27NO3Si. The van der Waals surface area contributed by atoms with E-state index < -0.39 is 8.32 Å². The topological polar surface area (TPSA) is 48.4 Å². The van der Waals surface area contributed by atoms with Gasteiger partial charge in [-0.3, -0.25) is 4.98 Å². The highest BCUT2D eigenvalue weighted by molar-refractivity contribution is 6.74. The van der Waals surface area contributed by atoms with E-state index in [9.17, 15) is 4.79 Å². The molecule has 1 rings (SSSR count). The van der Waals surface area contributed by atoms with Crippen molar-refractivity contribution in [3.05, 3.63) is 35.7 Å². The highest BCUT2D eigenvalue weighted by Gasteiger charge is 2.36. The molecule has 4 nitrogen and oxygen atoms in total. The molecule has 0 aromatic carbocycles. The summed E-state index contributed by atoms with van der Waals surface area (Å²) < 4.78 is 11.0. The van der Waals surface area contributed by atoms with Crippen LogP contribution in [0.5, 0.6) is 0 Å². The van der Waals surface area contributed by atoms with Crippen LogP contribution in [-0.2, 0) is 9.16 Å². The first-order valence-corrected chi connectivity index (χ1v) is 10.5. The van der Waals surface area contributed by atoms with Gasteiger partial charge in [0, 0.05) is 6.20 Å². The molecule has 0 aliphatic carbocycles. The molecule has 1 aromatic rings. The van der Waals surface area contributed by atoms with Crippen molar-refractivity contribution in [2.24, 2.45) is 0 Å². The van der Waals surface area contributed by atoms with Crippen LogP contribution in [0.2, 0.25) is 18.1 Å². The molecule has 0 bridgehead atoms. The second-order valence-electron chi connectivity index (χ2n) is 6.66. The van der Waals surface area contributed by atoms with Gasteiger partial charge in [0.1, 0.15) is 0 Å². The summed E-state index contributed by atoms with van der Waals surface area (Å²) in [6.45, 7) is 13.8. The van der Waals surface area contributed by atoms with Crippen molar-refractivity contribution in [3.63, 3.8) is 0 Å². The van der Waals surface area contributed by atoms with Crippen LogP contribution >= 0.6 is 0 Å². The predicted molar refractivity (Wildman–Crippen MR) is 92.4 cm³/mol. The number of carbonyl (C=O) groups excluding carboxylic acids is 1. The zero-order valence-electron chi connectivity index (χ0n) is 14.5. The van der Waals surface area contributed by atoms with Crippen LogP contribution in [0.25, 0.3) is 6.08 Å². The smallest absolute Gasteiger partial charge is 0.338 e. The number of rotatable bonds is 6. The monoisotopic (exact) mass is 321 g/mol. The molecule has 22 heavy (non-hydrogen) atoms. The Morgan fingerprint density at radius 2 is 2.05 bits per heavy atom.